The van der Waals surface area contributed by atoms with Gasteiger partial charge < -0.3 is 0 Å². The van der Waals surface area contributed by atoms with Gasteiger partial charge in [0.1, 0.15) is 27.1 Å². The van der Waals surface area contributed by atoms with Crippen LogP contribution >= 0.6 is 0 Å². The highest BCUT2D eigenvalue weighted by Crippen LogP contribution is 2.25. The van der Waals surface area contributed by atoms with Gasteiger partial charge in [0.25, 0.3) is 0 Å². The summed E-state index contributed by atoms with van der Waals surface area (Å²) >= 11 is 0. The molecule has 0 aliphatic heterocycles. The van der Waals surface area contributed by atoms with E-state index in [0.29, 0.717) is 10.7 Å². The highest BCUT2D eigenvalue weighted by Gasteiger charge is 2.39. The Hall–Kier alpha value is -0.570. The van der Waals surface area contributed by atoms with Gasteiger partial charge in [-0.15, -0.1) is 0 Å². The monoisotopic (exact) mass is 186 g/mol. The summed E-state index contributed by atoms with van der Waals surface area (Å²) in [5.41, 5.74) is 0. The fourth-order valence-electron chi connectivity index (χ4n) is 2.11. The van der Waals surface area contributed by atoms with E-state index in [0.717, 1.165) is 0 Å². The van der Waals surface area contributed by atoms with Crippen molar-refractivity contribution >= 4 is 5.97 Å². The number of hydrogen-bond acceptors (Lipinski definition) is 2. The van der Waals surface area contributed by atoms with Gasteiger partial charge in [0.2, 0.25) is 0 Å². The highest BCUT2D eigenvalue weighted by atomic mass is 16.7. The summed E-state index contributed by atoms with van der Waals surface area (Å²) in [5.74, 6) is -0.185. The molecule has 0 spiro atoms. The van der Waals surface area contributed by atoms with Gasteiger partial charge in [-0.3, -0.25) is 0 Å². The Balaban J connectivity index is 2.50. The zero-order valence-electron chi connectivity index (χ0n) is 8.88. The first-order valence-corrected chi connectivity index (χ1v) is 5.06. The predicted molar refractivity (Wildman–Crippen MR) is 50.7 cm³/mol. The van der Waals surface area contributed by atoms with E-state index < -0.39 is 0 Å². The van der Waals surface area contributed by atoms with E-state index in [4.69, 9.17) is 4.84 Å². The van der Waals surface area contributed by atoms with Crippen LogP contribution in [-0.2, 0) is 9.63 Å². The average Bonchev–Trinajstić information content (AvgIpc) is 2.04. The topological polar surface area (TPSA) is 29.1 Å². The Kier molecular flexibility index (Phi) is 3.31. The Morgan fingerprint density at radius 3 is 2.23 bits per heavy atom. The lowest BCUT2D eigenvalue weighted by molar-refractivity contribution is -1.08. The summed E-state index contributed by atoms with van der Waals surface area (Å²) in [5, 5.41) is 0. The van der Waals surface area contributed by atoms with Crippen LogP contribution < -0.4 is 0 Å². The molecule has 0 bridgehead atoms. The van der Waals surface area contributed by atoms with Crippen molar-refractivity contribution < 1.29 is 14.3 Å². The number of nitrogens with zero attached hydrogens (tertiary/aromatic N) is 1. The van der Waals surface area contributed by atoms with Gasteiger partial charge >= 0.3 is 5.97 Å². The minimum atomic E-state index is -0.185. The van der Waals surface area contributed by atoms with Crippen molar-refractivity contribution in [3.8, 4) is 0 Å². The standard InChI is InChI=1S/C10H20NO2/c1-9(12)13-11(2,3)10-7-5-4-6-8-10/h10H,4-8H2,1-3H3/q+2. The molecule has 75 valence electrons. The van der Waals surface area contributed by atoms with Gasteiger partial charge in [-0.05, 0) is 12.8 Å². The van der Waals surface area contributed by atoms with E-state index in [1.807, 2.05) is 14.1 Å². The van der Waals surface area contributed by atoms with Crippen molar-refractivity contribution in [2.45, 2.75) is 45.1 Å². The van der Waals surface area contributed by atoms with Crippen LogP contribution in [0.25, 0.3) is 0 Å². The fourth-order valence-corrected chi connectivity index (χ4v) is 2.11. The zero-order valence-corrected chi connectivity index (χ0v) is 8.88. The Bertz CT molecular complexity index is 183. The number of carbonyl (C=O) groups excluding carboxylic acids is 1. The minimum absolute atomic E-state index is 0.185. The van der Waals surface area contributed by atoms with Crippen molar-refractivity contribution in [1.29, 1.82) is 0 Å². The number of carbonyl (C=O) groups is 1. The molecular weight excluding hydrogens is 166 g/mol. The summed E-state index contributed by atoms with van der Waals surface area (Å²) in [6.45, 7) is 1.48. The second-order valence-corrected chi connectivity index (χ2v) is 4.31. The van der Waals surface area contributed by atoms with Crippen LogP contribution in [0.4, 0.5) is 0 Å². The normalized spacial score (nSPS) is 19.9. The number of quaternary nitrogens is 1. The van der Waals surface area contributed by atoms with Crippen molar-refractivity contribution in [3.63, 3.8) is 0 Å². The lowest BCUT2D eigenvalue weighted by Crippen LogP contribution is -2.50. The molecule has 0 saturated heterocycles. The summed E-state index contributed by atoms with van der Waals surface area (Å²) < 4.78 is 0.398. The second kappa shape index (κ2) is 4.09. The summed E-state index contributed by atoms with van der Waals surface area (Å²) in [6.07, 6.45) is 6.23. The molecule has 1 rings (SSSR count). The molecule has 1 fully saturated rings. The molecule has 0 unspecified atom stereocenters. The van der Waals surface area contributed by atoms with Crippen LogP contribution in [0.2, 0.25) is 0 Å². The average molecular weight is 186 g/mol. The number of hydrogen-bond donors (Lipinski definition) is 0. The Labute approximate surface area is 80.2 Å². The van der Waals surface area contributed by atoms with Crippen LogP contribution in [0.3, 0.4) is 0 Å². The lowest BCUT2D eigenvalue weighted by atomic mass is 9.94. The third-order valence-electron chi connectivity index (χ3n) is 2.82. The highest BCUT2D eigenvalue weighted by molar-refractivity contribution is 5.65. The molecule has 13 heavy (non-hydrogen) atoms. The lowest BCUT2D eigenvalue weighted by Gasteiger charge is -2.30. The van der Waals surface area contributed by atoms with E-state index in [1.165, 1.54) is 39.0 Å². The first-order valence-electron chi connectivity index (χ1n) is 5.06. The van der Waals surface area contributed by atoms with Gasteiger partial charge in [0, 0.05) is 12.8 Å². The summed E-state index contributed by atoms with van der Waals surface area (Å²) in [7, 11) is 3.94. The molecule has 0 amide bonds. The molecule has 3 heteroatoms. The smallest absolute Gasteiger partial charge is 0.0870 e. The van der Waals surface area contributed by atoms with E-state index >= 15 is 0 Å². The molecule has 3 nitrogen and oxygen atoms in total. The second-order valence-electron chi connectivity index (χ2n) is 4.31. The largest absolute Gasteiger partial charge is 0.635 e. The van der Waals surface area contributed by atoms with Crippen molar-refractivity contribution in [2.75, 3.05) is 14.1 Å². The van der Waals surface area contributed by atoms with Crippen LogP contribution in [0.15, 0.2) is 0 Å². The van der Waals surface area contributed by atoms with Crippen LogP contribution in [0, 0.1) is 0 Å². The Morgan fingerprint density at radius 2 is 1.77 bits per heavy atom. The third kappa shape index (κ3) is 2.99. The summed E-state index contributed by atoms with van der Waals surface area (Å²) in [4.78, 5) is 16.1. The van der Waals surface area contributed by atoms with Crippen molar-refractivity contribution in [2.24, 2.45) is 0 Å². The van der Waals surface area contributed by atoms with Crippen LogP contribution in [-0.4, -0.2) is 30.8 Å². The number of rotatable bonds is 2. The van der Waals surface area contributed by atoms with E-state index in [9.17, 15) is 4.79 Å². The van der Waals surface area contributed by atoms with Gasteiger partial charge in [0.05, 0.1) is 4.79 Å². The molecule has 1 aliphatic carbocycles. The van der Waals surface area contributed by atoms with E-state index in [2.05, 4.69) is 0 Å². The quantitative estimate of drug-likeness (QED) is 0.374. The van der Waals surface area contributed by atoms with Gasteiger partial charge in [-0.2, -0.15) is 0 Å². The Morgan fingerprint density at radius 1 is 1.23 bits per heavy atom. The van der Waals surface area contributed by atoms with Gasteiger partial charge in [-0.1, -0.05) is 15.9 Å². The minimum Gasteiger partial charge on any atom is -0.0870 e. The molecule has 0 heterocycles. The van der Waals surface area contributed by atoms with Crippen LogP contribution in [0.5, 0.6) is 0 Å². The maximum Gasteiger partial charge on any atom is 0.635 e. The van der Waals surface area contributed by atoms with Crippen molar-refractivity contribution in [1.82, 2.24) is 0 Å². The molecule has 1 radical (unpaired) electrons. The van der Waals surface area contributed by atoms with E-state index in [-0.39, 0.29) is 5.97 Å². The molecule has 0 aromatic heterocycles. The van der Waals surface area contributed by atoms with E-state index in [1.54, 1.807) is 0 Å². The molecule has 1 aliphatic rings. The molecule has 0 aromatic carbocycles. The van der Waals surface area contributed by atoms with Gasteiger partial charge in [0.15, 0.2) is 0 Å². The predicted octanol–water partition coefficient (Wildman–Crippen LogP) is 1.87. The SMILES string of the molecule is CC(=[O+])O[N+](C)(C)C1CCCCC1. The molecule has 0 N–H and O–H groups in total. The summed E-state index contributed by atoms with van der Waals surface area (Å²) in [6, 6.07) is 0.498. The zero-order chi connectivity index (χ0) is 9.90. The maximum atomic E-state index is 10.9. The molecule has 0 atom stereocenters. The maximum absolute atomic E-state index is 10.9. The molecule has 0 aromatic rings. The van der Waals surface area contributed by atoms with Crippen LogP contribution in [0.1, 0.15) is 39.0 Å². The van der Waals surface area contributed by atoms with Gasteiger partial charge in [-0.25, -0.2) is 0 Å². The number of hydroxylamine groups is 3. The molecular formula is C10H20NO2+2. The molecule has 1 saturated carbocycles. The third-order valence-corrected chi connectivity index (χ3v) is 2.82. The van der Waals surface area contributed by atoms with Crippen molar-refractivity contribution in [3.05, 3.63) is 0 Å². The first kappa shape index (κ1) is 10.5. The fraction of sp³-hybridized carbons (Fsp3) is 0.900. The first-order chi connectivity index (χ1) is 6.02.